The van der Waals surface area contributed by atoms with E-state index in [4.69, 9.17) is 0 Å². The Bertz CT molecular complexity index is 712. The number of Topliss-reactive ketones (excluding diaryl/α,β-unsaturated/α-hetero) is 1. The maximum atomic E-state index is 12.8. The van der Waals surface area contributed by atoms with Crippen molar-refractivity contribution in [3.63, 3.8) is 0 Å². The van der Waals surface area contributed by atoms with E-state index in [-0.39, 0.29) is 23.0 Å². The van der Waals surface area contributed by atoms with Gasteiger partial charge < -0.3 is 0 Å². The minimum atomic E-state index is -0.470. The van der Waals surface area contributed by atoms with E-state index in [0.717, 1.165) is 0 Å². The average Bonchev–Trinajstić information content (AvgIpc) is 2.90. The molecule has 3 rings (SSSR count). The monoisotopic (exact) mass is 281 g/mol. The summed E-state index contributed by atoms with van der Waals surface area (Å²) in [6.07, 6.45) is 1.33. The van der Waals surface area contributed by atoms with Crippen molar-refractivity contribution in [2.75, 3.05) is 0 Å². The van der Waals surface area contributed by atoms with Crippen LogP contribution in [0.25, 0.3) is 0 Å². The quantitative estimate of drug-likeness (QED) is 0.491. The van der Waals surface area contributed by atoms with Gasteiger partial charge in [0.15, 0.2) is 5.78 Å². The van der Waals surface area contributed by atoms with Gasteiger partial charge in [0, 0.05) is 12.0 Å². The first kappa shape index (κ1) is 13.5. The molecule has 0 bridgehead atoms. The highest BCUT2D eigenvalue weighted by Crippen LogP contribution is 2.32. The van der Waals surface area contributed by atoms with Crippen molar-refractivity contribution < 1.29 is 9.72 Å². The van der Waals surface area contributed by atoms with Crippen LogP contribution in [0.5, 0.6) is 0 Å². The summed E-state index contributed by atoms with van der Waals surface area (Å²) in [5.41, 5.74) is 3.19. The number of fused-ring (bicyclic) bond motifs is 1. The van der Waals surface area contributed by atoms with Gasteiger partial charge in [-0.25, -0.2) is 0 Å². The number of carbonyl (C=O) groups is 1. The van der Waals surface area contributed by atoms with Gasteiger partial charge in [0.1, 0.15) is 0 Å². The van der Waals surface area contributed by atoms with Crippen LogP contribution in [0, 0.1) is 23.0 Å². The summed E-state index contributed by atoms with van der Waals surface area (Å²) in [6.45, 7) is 1.75. The van der Waals surface area contributed by atoms with Gasteiger partial charge in [-0.1, -0.05) is 36.4 Å². The fraction of sp³-hybridized carbons (Fsp3) is 0.235. The summed E-state index contributed by atoms with van der Waals surface area (Å²) in [5.74, 6) is -0.307. The van der Waals surface area contributed by atoms with Gasteiger partial charge in [0.2, 0.25) is 0 Å². The molecule has 2 aromatic rings. The van der Waals surface area contributed by atoms with Crippen molar-refractivity contribution in [2.24, 2.45) is 5.92 Å². The number of carbonyl (C=O) groups excluding carboxylic acids is 1. The molecule has 0 amide bonds. The van der Waals surface area contributed by atoms with E-state index in [2.05, 4.69) is 0 Å². The Morgan fingerprint density at radius 1 is 1.10 bits per heavy atom. The van der Waals surface area contributed by atoms with Gasteiger partial charge in [-0.3, -0.25) is 14.9 Å². The molecule has 0 fully saturated rings. The molecule has 0 aromatic heterocycles. The lowest BCUT2D eigenvalue weighted by molar-refractivity contribution is -0.385. The van der Waals surface area contributed by atoms with Crippen molar-refractivity contribution in [3.8, 4) is 0 Å². The number of nitro groups is 1. The predicted octanol–water partition coefficient (Wildman–Crippen LogP) is 3.50. The van der Waals surface area contributed by atoms with Crippen LogP contribution < -0.4 is 0 Å². The molecule has 0 aliphatic heterocycles. The minimum absolute atomic E-state index is 0.0871. The van der Waals surface area contributed by atoms with Crippen molar-refractivity contribution in [2.45, 2.75) is 19.8 Å². The molecule has 21 heavy (non-hydrogen) atoms. The minimum Gasteiger partial charge on any atom is -0.294 e. The molecule has 4 heteroatoms. The third-order valence-corrected chi connectivity index (χ3v) is 4.12. The molecule has 0 unspecified atom stereocenters. The van der Waals surface area contributed by atoms with E-state index in [1.165, 1.54) is 17.2 Å². The Balaban J connectivity index is 1.97. The molecule has 0 radical (unpaired) electrons. The number of hydrogen-bond donors (Lipinski definition) is 0. The van der Waals surface area contributed by atoms with E-state index in [1.54, 1.807) is 19.1 Å². The van der Waals surface area contributed by atoms with E-state index >= 15 is 0 Å². The van der Waals surface area contributed by atoms with Crippen LogP contribution in [0.2, 0.25) is 0 Å². The Morgan fingerprint density at radius 2 is 1.71 bits per heavy atom. The molecule has 2 aromatic carbocycles. The summed E-state index contributed by atoms with van der Waals surface area (Å²) >= 11 is 0. The number of benzene rings is 2. The van der Waals surface area contributed by atoms with Crippen molar-refractivity contribution in [1.29, 1.82) is 0 Å². The zero-order valence-electron chi connectivity index (χ0n) is 11.7. The van der Waals surface area contributed by atoms with Crippen LogP contribution in [-0.4, -0.2) is 10.7 Å². The molecule has 0 spiro atoms. The Hall–Kier alpha value is -2.49. The van der Waals surface area contributed by atoms with Crippen molar-refractivity contribution >= 4 is 11.5 Å². The van der Waals surface area contributed by atoms with Crippen LogP contribution in [0.3, 0.4) is 0 Å². The van der Waals surface area contributed by atoms with Crippen LogP contribution in [0.4, 0.5) is 5.69 Å². The number of rotatable bonds is 3. The van der Waals surface area contributed by atoms with Crippen molar-refractivity contribution in [3.05, 3.63) is 74.8 Å². The zero-order chi connectivity index (χ0) is 15.0. The summed E-state index contributed by atoms with van der Waals surface area (Å²) in [7, 11) is 0. The molecule has 4 nitrogen and oxygen atoms in total. The maximum absolute atomic E-state index is 12.8. The number of aryl methyl sites for hydroxylation is 1. The highest BCUT2D eigenvalue weighted by molar-refractivity contribution is 6.03. The molecular formula is C17H15NO3. The SMILES string of the molecule is Cc1cccc([N+](=O)[O-])c1C(=O)C1Cc2ccccc2C1. The number of nitrogens with zero attached hydrogens (tertiary/aromatic N) is 1. The standard InChI is InChI=1S/C17H15NO3/c1-11-5-4-8-15(18(20)21)16(11)17(19)14-9-12-6-2-3-7-13(12)10-14/h2-8,14H,9-10H2,1H3. The van der Waals surface area contributed by atoms with Gasteiger partial charge in [0.25, 0.3) is 5.69 Å². The third-order valence-electron chi connectivity index (χ3n) is 4.12. The lowest BCUT2D eigenvalue weighted by atomic mass is 9.91. The van der Waals surface area contributed by atoms with Crippen LogP contribution in [0.1, 0.15) is 27.0 Å². The number of ketones is 1. The van der Waals surface area contributed by atoms with Gasteiger partial charge in [-0.05, 0) is 36.5 Å². The molecule has 0 N–H and O–H groups in total. The van der Waals surface area contributed by atoms with Crippen LogP contribution in [-0.2, 0) is 12.8 Å². The second-order valence-corrected chi connectivity index (χ2v) is 5.46. The van der Waals surface area contributed by atoms with E-state index in [9.17, 15) is 14.9 Å². The van der Waals surface area contributed by atoms with Gasteiger partial charge >= 0.3 is 0 Å². The first-order chi connectivity index (χ1) is 10.1. The van der Waals surface area contributed by atoms with Gasteiger partial charge in [0.05, 0.1) is 10.5 Å². The topological polar surface area (TPSA) is 60.2 Å². The summed E-state index contributed by atoms with van der Waals surface area (Å²) in [5, 5.41) is 11.2. The molecule has 0 saturated heterocycles. The fourth-order valence-electron chi connectivity index (χ4n) is 3.07. The predicted molar refractivity (Wildman–Crippen MR) is 79.5 cm³/mol. The molecule has 0 heterocycles. The zero-order valence-corrected chi connectivity index (χ0v) is 11.7. The molecule has 0 saturated carbocycles. The normalized spacial score (nSPS) is 14.0. The highest BCUT2D eigenvalue weighted by atomic mass is 16.6. The smallest absolute Gasteiger partial charge is 0.280 e. The van der Waals surface area contributed by atoms with E-state index in [0.29, 0.717) is 18.4 Å². The highest BCUT2D eigenvalue weighted by Gasteiger charge is 2.32. The fourth-order valence-corrected chi connectivity index (χ4v) is 3.07. The first-order valence-corrected chi connectivity index (χ1v) is 6.93. The molecular weight excluding hydrogens is 266 g/mol. The second-order valence-electron chi connectivity index (χ2n) is 5.46. The number of nitro benzene ring substituents is 1. The molecule has 0 atom stereocenters. The van der Waals surface area contributed by atoms with Gasteiger partial charge in [-0.2, -0.15) is 0 Å². The molecule has 1 aliphatic rings. The third kappa shape index (κ3) is 2.33. The lowest BCUT2D eigenvalue weighted by Gasteiger charge is -2.10. The summed E-state index contributed by atoms with van der Waals surface area (Å²) in [4.78, 5) is 23.5. The first-order valence-electron chi connectivity index (χ1n) is 6.93. The molecule has 1 aliphatic carbocycles. The second kappa shape index (κ2) is 5.13. The van der Waals surface area contributed by atoms with Gasteiger partial charge in [-0.15, -0.1) is 0 Å². The summed E-state index contributed by atoms with van der Waals surface area (Å²) < 4.78 is 0. The Morgan fingerprint density at radius 3 is 2.29 bits per heavy atom. The van der Waals surface area contributed by atoms with E-state index < -0.39 is 4.92 Å². The lowest BCUT2D eigenvalue weighted by Crippen LogP contribution is -2.17. The maximum Gasteiger partial charge on any atom is 0.280 e. The Kier molecular flexibility index (Phi) is 3.29. The average molecular weight is 281 g/mol. The number of hydrogen-bond acceptors (Lipinski definition) is 3. The largest absolute Gasteiger partial charge is 0.294 e. The van der Waals surface area contributed by atoms with E-state index in [1.807, 2.05) is 24.3 Å². The van der Waals surface area contributed by atoms with Crippen molar-refractivity contribution in [1.82, 2.24) is 0 Å². The Labute approximate surface area is 122 Å². The molecule has 106 valence electrons. The van der Waals surface area contributed by atoms with Crippen LogP contribution >= 0.6 is 0 Å². The van der Waals surface area contributed by atoms with Crippen LogP contribution in [0.15, 0.2) is 42.5 Å². The summed E-state index contributed by atoms with van der Waals surface area (Å²) in [6, 6.07) is 12.7.